The fourth-order valence-corrected chi connectivity index (χ4v) is 1.80. The van der Waals surface area contributed by atoms with E-state index in [1.54, 1.807) is 12.1 Å². The van der Waals surface area contributed by atoms with Crippen molar-refractivity contribution < 1.29 is 9.53 Å². The van der Waals surface area contributed by atoms with Crippen molar-refractivity contribution in [2.24, 2.45) is 5.73 Å². The normalized spacial score (nSPS) is 16.3. The van der Waals surface area contributed by atoms with Gasteiger partial charge in [0.2, 0.25) is 0 Å². The van der Waals surface area contributed by atoms with Crippen LogP contribution in [0.2, 0.25) is 5.02 Å². The lowest BCUT2D eigenvalue weighted by Crippen LogP contribution is -2.25. The highest BCUT2D eigenvalue weighted by atomic mass is 35.5. The Kier molecular flexibility index (Phi) is 2.54. The maximum atomic E-state index is 11.1. The summed E-state index contributed by atoms with van der Waals surface area (Å²) in [5.74, 6) is 0.443. The second-order valence-corrected chi connectivity index (χ2v) is 3.90. The Bertz CT molecular complexity index is 418. The Morgan fingerprint density at radius 2 is 2.33 bits per heavy atom. The van der Waals surface area contributed by atoms with Crippen LogP contribution >= 0.6 is 11.6 Å². The molecule has 0 aromatic heterocycles. The SMILES string of the molecule is C[C@H](N)c1cc2c(cc1Cl)NC(=O)CO2. The minimum atomic E-state index is -0.174. The van der Waals surface area contributed by atoms with E-state index in [9.17, 15) is 4.79 Å². The lowest BCUT2D eigenvalue weighted by atomic mass is 10.1. The van der Waals surface area contributed by atoms with E-state index in [1.807, 2.05) is 6.92 Å². The summed E-state index contributed by atoms with van der Waals surface area (Å²) in [6.07, 6.45) is 0. The zero-order chi connectivity index (χ0) is 11.0. The number of nitrogens with two attached hydrogens (primary N) is 1. The Morgan fingerprint density at radius 3 is 3.00 bits per heavy atom. The molecule has 4 nitrogen and oxygen atoms in total. The summed E-state index contributed by atoms with van der Waals surface area (Å²) in [7, 11) is 0. The third kappa shape index (κ3) is 1.91. The number of benzene rings is 1. The van der Waals surface area contributed by atoms with E-state index in [0.717, 1.165) is 5.56 Å². The molecule has 1 heterocycles. The minimum Gasteiger partial charge on any atom is -0.482 e. The fraction of sp³-hybridized carbons (Fsp3) is 0.300. The number of hydrogen-bond acceptors (Lipinski definition) is 3. The molecular formula is C10H11ClN2O2. The Morgan fingerprint density at radius 1 is 1.60 bits per heavy atom. The fourth-order valence-electron chi connectivity index (χ4n) is 1.46. The van der Waals surface area contributed by atoms with E-state index in [2.05, 4.69) is 5.32 Å². The van der Waals surface area contributed by atoms with Crippen molar-refractivity contribution in [1.82, 2.24) is 0 Å². The van der Waals surface area contributed by atoms with E-state index in [4.69, 9.17) is 22.1 Å². The van der Waals surface area contributed by atoms with Crippen molar-refractivity contribution in [2.45, 2.75) is 13.0 Å². The molecule has 1 aliphatic heterocycles. The van der Waals surface area contributed by atoms with E-state index in [1.165, 1.54) is 0 Å². The zero-order valence-electron chi connectivity index (χ0n) is 8.21. The number of carbonyl (C=O) groups is 1. The molecule has 2 rings (SSSR count). The molecule has 1 aromatic carbocycles. The molecular weight excluding hydrogens is 216 g/mol. The van der Waals surface area contributed by atoms with Crippen LogP contribution in [0.3, 0.4) is 0 Å². The molecule has 1 amide bonds. The first kappa shape index (κ1) is 10.3. The van der Waals surface area contributed by atoms with Crippen LogP contribution in [0.4, 0.5) is 5.69 Å². The van der Waals surface area contributed by atoms with Crippen molar-refractivity contribution >= 4 is 23.2 Å². The third-order valence-electron chi connectivity index (χ3n) is 2.22. The number of ether oxygens (including phenoxy) is 1. The molecule has 0 fully saturated rings. The molecule has 1 aromatic rings. The van der Waals surface area contributed by atoms with Crippen molar-refractivity contribution in [2.75, 3.05) is 11.9 Å². The summed E-state index contributed by atoms with van der Waals surface area (Å²) in [6.45, 7) is 1.88. The van der Waals surface area contributed by atoms with E-state index < -0.39 is 0 Å². The molecule has 0 bridgehead atoms. The van der Waals surface area contributed by atoms with Crippen LogP contribution in [0.25, 0.3) is 0 Å². The number of carbonyl (C=O) groups excluding carboxylic acids is 1. The number of nitrogens with one attached hydrogen (secondary N) is 1. The van der Waals surface area contributed by atoms with Gasteiger partial charge in [0.05, 0.1) is 5.69 Å². The minimum absolute atomic E-state index is 0.0347. The van der Waals surface area contributed by atoms with Crippen LogP contribution in [0.5, 0.6) is 5.75 Å². The summed E-state index contributed by atoms with van der Waals surface area (Å²) < 4.78 is 5.26. The van der Waals surface area contributed by atoms with Gasteiger partial charge in [-0.05, 0) is 24.6 Å². The maximum Gasteiger partial charge on any atom is 0.262 e. The molecule has 5 heteroatoms. The standard InChI is InChI=1S/C10H11ClN2O2/c1-5(12)6-2-9-8(3-7(6)11)13-10(14)4-15-9/h2-3,5H,4,12H2,1H3,(H,13,14)/t5-/m0/s1. The van der Waals surface area contributed by atoms with Crippen LogP contribution < -0.4 is 15.8 Å². The highest BCUT2D eigenvalue weighted by Gasteiger charge is 2.18. The number of halogens is 1. The maximum absolute atomic E-state index is 11.1. The van der Waals surface area contributed by atoms with Gasteiger partial charge in [0, 0.05) is 11.1 Å². The molecule has 15 heavy (non-hydrogen) atoms. The molecule has 80 valence electrons. The van der Waals surface area contributed by atoms with Crippen LogP contribution in [-0.2, 0) is 4.79 Å². The quantitative estimate of drug-likeness (QED) is 0.766. The van der Waals surface area contributed by atoms with Gasteiger partial charge in [0.15, 0.2) is 6.61 Å². The van der Waals surface area contributed by atoms with E-state index in [0.29, 0.717) is 16.5 Å². The van der Waals surface area contributed by atoms with Gasteiger partial charge < -0.3 is 15.8 Å². The number of rotatable bonds is 1. The van der Waals surface area contributed by atoms with Gasteiger partial charge in [-0.25, -0.2) is 0 Å². The van der Waals surface area contributed by atoms with Gasteiger partial charge in [-0.2, -0.15) is 0 Å². The average Bonchev–Trinajstić information content (AvgIpc) is 2.15. The predicted molar refractivity (Wildman–Crippen MR) is 58.2 cm³/mol. The Balaban J connectivity index is 2.46. The van der Waals surface area contributed by atoms with Crippen LogP contribution in [0.1, 0.15) is 18.5 Å². The summed E-state index contributed by atoms with van der Waals surface area (Å²) >= 11 is 6.02. The number of amides is 1. The van der Waals surface area contributed by atoms with Crippen molar-refractivity contribution in [1.29, 1.82) is 0 Å². The van der Waals surface area contributed by atoms with Crippen LogP contribution in [-0.4, -0.2) is 12.5 Å². The number of fused-ring (bicyclic) bond motifs is 1. The van der Waals surface area contributed by atoms with Gasteiger partial charge in [-0.3, -0.25) is 4.79 Å². The summed E-state index contributed by atoms with van der Waals surface area (Å²) in [4.78, 5) is 11.1. The Labute approximate surface area is 92.4 Å². The molecule has 0 spiro atoms. The van der Waals surface area contributed by atoms with Crippen LogP contribution in [0, 0.1) is 0 Å². The highest BCUT2D eigenvalue weighted by molar-refractivity contribution is 6.32. The van der Waals surface area contributed by atoms with Gasteiger partial charge in [0.1, 0.15) is 5.75 Å². The Hall–Kier alpha value is -1.26. The lowest BCUT2D eigenvalue weighted by molar-refractivity contribution is -0.118. The third-order valence-corrected chi connectivity index (χ3v) is 2.55. The first-order chi connectivity index (χ1) is 7.08. The first-order valence-corrected chi connectivity index (χ1v) is 4.97. The number of anilines is 1. The monoisotopic (exact) mass is 226 g/mol. The van der Waals surface area contributed by atoms with Crippen LogP contribution in [0.15, 0.2) is 12.1 Å². The molecule has 0 saturated carbocycles. The topological polar surface area (TPSA) is 64.3 Å². The van der Waals surface area contributed by atoms with Crippen molar-refractivity contribution in [3.05, 3.63) is 22.7 Å². The molecule has 3 N–H and O–H groups in total. The van der Waals surface area contributed by atoms with Gasteiger partial charge >= 0.3 is 0 Å². The van der Waals surface area contributed by atoms with E-state index >= 15 is 0 Å². The lowest BCUT2D eigenvalue weighted by Gasteiger charge is -2.20. The molecule has 0 unspecified atom stereocenters. The average molecular weight is 227 g/mol. The van der Waals surface area contributed by atoms with Gasteiger partial charge in [-0.1, -0.05) is 11.6 Å². The molecule has 1 aliphatic rings. The number of hydrogen-bond donors (Lipinski definition) is 2. The summed E-state index contributed by atoms with van der Waals surface area (Å²) in [5.41, 5.74) is 7.16. The van der Waals surface area contributed by atoms with Crippen molar-refractivity contribution in [3.8, 4) is 5.75 Å². The first-order valence-electron chi connectivity index (χ1n) is 4.59. The van der Waals surface area contributed by atoms with Crippen molar-refractivity contribution in [3.63, 3.8) is 0 Å². The molecule has 0 radical (unpaired) electrons. The van der Waals surface area contributed by atoms with Gasteiger partial charge in [0.25, 0.3) is 5.91 Å². The molecule has 0 aliphatic carbocycles. The highest BCUT2D eigenvalue weighted by Crippen LogP contribution is 2.35. The molecule has 1 atom stereocenters. The summed E-state index contributed by atoms with van der Waals surface area (Å²) in [6, 6.07) is 3.26. The zero-order valence-corrected chi connectivity index (χ0v) is 8.97. The van der Waals surface area contributed by atoms with E-state index in [-0.39, 0.29) is 18.6 Å². The largest absolute Gasteiger partial charge is 0.482 e. The smallest absolute Gasteiger partial charge is 0.262 e. The van der Waals surface area contributed by atoms with Gasteiger partial charge in [-0.15, -0.1) is 0 Å². The second kappa shape index (κ2) is 3.72. The predicted octanol–water partition coefficient (Wildman–Crippen LogP) is 1.69. The second-order valence-electron chi connectivity index (χ2n) is 3.50. The molecule has 0 saturated heterocycles. The summed E-state index contributed by atoms with van der Waals surface area (Å²) in [5, 5.41) is 3.21.